The molecule has 0 heterocycles. The largest absolute Gasteiger partial charge is 0.497 e. The van der Waals surface area contributed by atoms with Crippen LogP contribution < -0.4 is 20.5 Å². The van der Waals surface area contributed by atoms with Crippen LogP contribution >= 0.6 is 0 Å². The highest BCUT2D eigenvalue weighted by molar-refractivity contribution is 5.71. The fourth-order valence-corrected chi connectivity index (χ4v) is 1.84. The third kappa shape index (κ3) is 3.33. The molecular weight excluding hydrogens is 274 g/mol. The molecule has 0 aliphatic heterocycles. The molecule has 3 N–H and O–H groups in total. The van der Waals surface area contributed by atoms with Crippen molar-refractivity contribution in [1.82, 2.24) is 0 Å². The van der Waals surface area contributed by atoms with Gasteiger partial charge in [-0.15, -0.1) is 0 Å². The van der Waals surface area contributed by atoms with Crippen molar-refractivity contribution in [3.63, 3.8) is 0 Å². The number of nitrogens with one attached hydrogen (secondary N) is 1. The first kappa shape index (κ1) is 14.4. The highest BCUT2D eigenvalue weighted by Gasteiger charge is 2.11. The van der Waals surface area contributed by atoms with Gasteiger partial charge in [0.05, 0.1) is 19.1 Å². The van der Waals surface area contributed by atoms with Crippen LogP contribution in [0.3, 0.4) is 0 Å². The standard InChI is InChI=1S/C14H15N3O4/c1-20-11-5-10(6-12(8-11)21-2)16-9-3-4-14(17(18)19)13(15)7-9/h3-8,16H,15H2,1-2H3. The van der Waals surface area contributed by atoms with Gasteiger partial charge in [0.25, 0.3) is 5.69 Å². The Bertz CT molecular complexity index is 651. The number of benzene rings is 2. The van der Waals surface area contributed by atoms with Gasteiger partial charge in [-0.1, -0.05) is 0 Å². The molecule has 0 atom stereocenters. The van der Waals surface area contributed by atoms with Crippen LogP contribution in [0, 0.1) is 10.1 Å². The molecule has 2 rings (SSSR count). The Labute approximate surface area is 121 Å². The van der Waals surface area contributed by atoms with Crippen LogP contribution in [-0.2, 0) is 0 Å². The Kier molecular flexibility index (Phi) is 4.13. The zero-order valence-electron chi connectivity index (χ0n) is 11.6. The number of methoxy groups -OCH3 is 2. The molecule has 0 saturated carbocycles. The predicted molar refractivity (Wildman–Crippen MR) is 80.3 cm³/mol. The number of nitro groups is 1. The average molecular weight is 289 g/mol. The number of hydrogen-bond acceptors (Lipinski definition) is 6. The molecule has 2 aromatic carbocycles. The molecular formula is C14H15N3O4. The third-order valence-electron chi connectivity index (χ3n) is 2.86. The van der Waals surface area contributed by atoms with Gasteiger partial charge in [0.15, 0.2) is 0 Å². The average Bonchev–Trinajstić information content (AvgIpc) is 2.46. The molecule has 7 nitrogen and oxygen atoms in total. The van der Waals surface area contributed by atoms with E-state index in [9.17, 15) is 10.1 Å². The monoisotopic (exact) mass is 289 g/mol. The summed E-state index contributed by atoms with van der Waals surface area (Å²) in [5, 5.41) is 13.8. The highest BCUT2D eigenvalue weighted by Crippen LogP contribution is 2.30. The van der Waals surface area contributed by atoms with Gasteiger partial charge in [-0.3, -0.25) is 10.1 Å². The highest BCUT2D eigenvalue weighted by atomic mass is 16.6. The summed E-state index contributed by atoms with van der Waals surface area (Å²) < 4.78 is 10.4. The minimum absolute atomic E-state index is 0.0971. The number of hydrogen-bond donors (Lipinski definition) is 2. The third-order valence-corrected chi connectivity index (χ3v) is 2.86. The van der Waals surface area contributed by atoms with Gasteiger partial charge < -0.3 is 20.5 Å². The second-order valence-electron chi connectivity index (χ2n) is 4.26. The van der Waals surface area contributed by atoms with Crippen LogP contribution in [0.5, 0.6) is 11.5 Å². The number of ether oxygens (including phenoxy) is 2. The second-order valence-corrected chi connectivity index (χ2v) is 4.26. The maximum atomic E-state index is 10.7. The lowest BCUT2D eigenvalue weighted by Gasteiger charge is -2.11. The molecule has 21 heavy (non-hydrogen) atoms. The van der Waals surface area contributed by atoms with Crippen molar-refractivity contribution in [2.24, 2.45) is 0 Å². The van der Waals surface area contributed by atoms with E-state index in [4.69, 9.17) is 15.2 Å². The summed E-state index contributed by atoms with van der Waals surface area (Å²) in [7, 11) is 3.12. The normalized spacial score (nSPS) is 10.0. The molecule has 7 heteroatoms. The van der Waals surface area contributed by atoms with Crippen LogP contribution in [0.25, 0.3) is 0 Å². The van der Waals surface area contributed by atoms with Crippen LogP contribution in [-0.4, -0.2) is 19.1 Å². The number of nitro benzene ring substituents is 1. The van der Waals surface area contributed by atoms with Crippen LogP contribution in [0.1, 0.15) is 0 Å². The zero-order valence-corrected chi connectivity index (χ0v) is 11.6. The lowest BCUT2D eigenvalue weighted by Crippen LogP contribution is -1.98. The topological polar surface area (TPSA) is 99.6 Å². The lowest BCUT2D eigenvalue weighted by molar-refractivity contribution is -0.383. The van der Waals surface area contributed by atoms with E-state index in [2.05, 4.69) is 5.32 Å². The Balaban J connectivity index is 2.29. The first-order valence-electron chi connectivity index (χ1n) is 6.07. The number of nitrogens with two attached hydrogens (primary N) is 1. The van der Waals surface area contributed by atoms with Gasteiger partial charge >= 0.3 is 0 Å². The van der Waals surface area contributed by atoms with Crippen molar-refractivity contribution >= 4 is 22.7 Å². The summed E-state index contributed by atoms with van der Waals surface area (Å²) in [5.74, 6) is 1.26. The minimum Gasteiger partial charge on any atom is -0.497 e. The van der Waals surface area contributed by atoms with Gasteiger partial charge in [0, 0.05) is 35.6 Å². The van der Waals surface area contributed by atoms with Crippen molar-refractivity contribution in [2.75, 3.05) is 25.3 Å². The summed E-state index contributed by atoms with van der Waals surface area (Å²) in [6, 6.07) is 9.75. The maximum absolute atomic E-state index is 10.7. The molecule has 0 aromatic heterocycles. The molecule has 0 saturated heterocycles. The Morgan fingerprint density at radius 2 is 1.67 bits per heavy atom. The molecule has 0 radical (unpaired) electrons. The van der Waals surface area contributed by atoms with E-state index >= 15 is 0 Å². The fourth-order valence-electron chi connectivity index (χ4n) is 1.84. The Morgan fingerprint density at radius 3 is 2.14 bits per heavy atom. The first-order chi connectivity index (χ1) is 10.0. The SMILES string of the molecule is COc1cc(Nc2ccc([N+](=O)[O-])c(N)c2)cc(OC)c1. The van der Waals surface area contributed by atoms with Gasteiger partial charge in [-0.05, 0) is 12.1 Å². The van der Waals surface area contributed by atoms with E-state index in [1.54, 1.807) is 38.5 Å². The second kappa shape index (κ2) is 6.00. The molecule has 0 bridgehead atoms. The summed E-state index contributed by atoms with van der Waals surface area (Å²) in [5.41, 5.74) is 6.99. The van der Waals surface area contributed by atoms with E-state index < -0.39 is 4.92 Å². The van der Waals surface area contributed by atoms with Gasteiger partial charge in [0.1, 0.15) is 17.2 Å². The minimum atomic E-state index is -0.520. The van der Waals surface area contributed by atoms with Crippen LogP contribution in [0.2, 0.25) is 0 Å². The maximum Gasteiger partial charge on any atom is 0.292 e. The van der Waals surface area contributed by atoms with Gasteiger partial charge in [0.2, 0.25) is 0 Å². The van der Waals surface area contributed by atoms with Crippen LogP contribution in [0.4, 0.5) is 22.7 Å². The van der Waals surface area contributed by atoms with Crippen molar-refractivity contribution in [1.29, 1.82) is 0 Å². The molecule has 110 valence electrons. The number of nitrogens with zero attached hydrogens (tertiary/aromatic N) is 1. The quantitative estimate of drug-likeness (QED) is 0.498. The summed E-state index contributed by atoms with van der Waals surface area (Å²) in [4.78, 5) is 10.2. The van der Waals surface area contributed by atoms with Crippen molar-refractivity contribution in [3.8, 4) is 11.5 Å². The Hall–Kier alpha value is -2.96. The van der Waals surface area contributed by atoms with E-state index in [1.165, 1.54) is 12.1 Å². The van der Waals surface area contributed by atoms with Crippen LogP contribution in [0.15, 0.2) is 36.4 Å². The van der Waals surface area contributed by atoms with E-state index in [1.807, 2.05) is 0 Å². The van der Waals surface area contributed by atoms with Crippen molar-refractivity contribution in [2.45, 2.75) is 0 Å². The van der Waals surface area contributed by atoms with Crippen molar-refractivity contribution < 1.29 is 14.4 Å². The number of nitrogen functional groups attached to an aromatic ring is 1. The van der Waals surface area contributed by atoms with Gasteiger partial charge in [-0.25, -0.2) is 0 Å². The summed E-state index contributed by atoms with van der Waals surface area (Å²) in [6.07, 6.45) is 0. The molecule has 0 spiro atoms. The zero-order chi connectivity index (χ0) is 15.4. The van der Waals surface area contributed by atoms with E-state index in [-0.39, 0.29) is 11.4 Å². The fraction of sp³-hybridized carbons (Fsp3) is 0.143. The summed E-state index contributed by atoms with van der Waals surface area (Å²) >= 11 is 0. The van der Waals surface area contributed by atoms with E-state index in [0.29, 0.717) is 17.2 Å². The predicted octanol–water partition coefficient (Wildman–Crippen LogP) is 2.94. The number of rotatable bonds is 5. The van der Waals surface area contributed by atoms with Gasteiger partial charge in [-0.2, -0.15) is 0 Å². The molecule has 0 amide bonds. The summed E-state index contributed by atoms with van der Waals surface area (Å²) in [6.45, 7) is 0. The molecule has 0 aliphatic rings. The van der Waals surface area contributed by atoms with E-state index in [0.717, 1.165) is 5.69 Å². The molecule has 0 aliphatic carbocycles. The molecule has 0 unspecified atom stereocenters. The van der Waals surface area contributed by atoms with Crippen molar-refractivity contribution in [3.05, 3.63) is 46.5 Å². The smallest absolute Gasteiger partial charge is 0.292 e. The lowest BCUT2D eigenvalue weighted by atomic mass is 10.2. The first-order valence-corrected chi connectivity index (χ1v) is 6.07. The molecule has 0 fully saturated rings. The molecule has 2 aromatic rings. The Morgan fingerprint density at radius 1 is 1.05 bits per heavy atom. The number of anilines is 3.